The Hall–Kier alpha value is -0.180. The van der Waals surface area contributed by atoms with Crippen LogP contribution in [0, 0.1) is 3.57 Å². The average molecular weight is 383 g/mol. The van der Waals surface area contributed by atoms with Crippen molar-refractivity contribution in [1.82, 2.24) is 14.9 Å². The zero-order valence-corrected chi connectivity index (χ0v) is 12.9. The zero-order valence-electron chi connectivity index (χ0n) is 10.0. The van der Waals surface area contributed by atoms with Crippen LogP contribution in [0.15, 0.2) is 6.20 Å². The Morgan fingerprint density at radius 3 is 3.00 bits per heavy atom. The first-order valence-corrected chi connectivity index (χ1v) is 7.43. The molecule has 1 fully saturated rings. The standard InChI is InChI=1S/C11H16ClIN4O/c12-11-15-8-9(13)10(16-11)14-2-1-3-17-4-6-18-7-5-17/h8H,1-7H2,(H,14,15,16). The molecule has 1 aliphatic heterocycles. The van der Waals surface area contributed by atoms with Crippen molar-refractivity contribution in [2.45, 2.75) is 6.42 Å². The first kappa shape index (κ1) is 14.2. The molecular weight excluding hydrogens is 367 g/mol. The predicted octanol–water partition coefficient (Wildman–Crippen LogP) is 1.87. The number of hydrogen-bond donors (Lipinski definition) is 1. The van der Waals surface area contributed by atoms with Crippen LogP contribution in [0.25, 0.3) is 0 Å². The normalized spacial score (nSPS) is 16.8. The summed E-state index contributed by atoms with van der Waals surface area (Å²) in [6.07, 6.45) is 2.80. The maximum Gasteiger partial charge on any atom is 0.224 e. The van der Waals surface area contributed by atoms with Gasteiger partial charge in [0.25, 0.3) is 0 Å². The number of ether oxygens (including phenoxy) is 1. The molecule has 0 spiro atoms. The van der Waals surface area contributed by atoms with Gasteiger partial charge in [0.1, 0.15) is 5.82 Å². The number of anilines is 1. The van der Waals surface area contributed by atoms with Crippen LogP contribution >= 0.6 is 34.2 Å². The number of nitrogens with zero attached hydrogens (tertiary/aromatic N) is 3. The lowest BCUT2D eigenvalue weighted by atomic mass is 10.3. The summed E-state index contributed by atoms with van der Waals surface area (Å²) in [5, 5.41) is 3.58. The highest BCUT2D eigenvalue weighted by molar-refractivity contribution is 14.1. The highest BCUT2D eigenvalue weighted by Gasteiger charge is 2.09. The molecule has 0 bridgehead atoms. The average Bonchev–Trinajstić information content (AvgIpc) is 2.40. The Labute approximate surface area is 125 Å². The van der Waals surface area contributed by atoms with Gasteiger partial charge in [0.15, 0.2) is 0 Å². The molecule has 2 heterocycles. The topological polar surface area (TPSA) is 50.3 Å². The Kier molecular flexibility index (Phi) is 5.87. The van der Waals surface area contributed by atoms with Gasteiger partial charge in [-0.1, -0.05) is 0 Å². The van der Waals surface area contributed by atoms with Gasteiger partial charge in [-0.05, 0) is 47.2 Å². The zero-order chi connectivity index (χ0) is 12.8. The first-order chi connectivity index (χ1) is 8.75. The van der Waals surface area contributed by atoms with Crippen molar-refractivity contribution >= 4 is 40.0 Å². The van der Waals surface area contributed by atoms with E-state index in [1.54, 1.807) is 6.20 Å². The van der Waals surface area contributed by atoms with E-state index in [0.29, 0.717) is 0 Å². The Bertz CT molecular complexity index is 387. The van der Waals surface area contributed by atoms with Crippen molar-refractivity contribution in [1.29, 1.82) is 0 Å². The second kappa shape index (κ2) is 7.42. The molecule has 0 saturated carbocycles. The molecule has 100 valence electrons. The molecule has 1 saturated heterocycles. The monoisotopic (exact) mass is 382 g/mol. The lowest BCUT2D eigenvalue weighted by molar-refractivity contribution is 0.0378. The minimum absolute atomic E-state index is 0.283. The van der Waals surface area contributed by atoms with Crippen LogP contribution < -0.4 is 5.32 Å². The van der Waals surface area contributed by atoms with E-state index in [0.717, 1.165) is 55.2 Å². The maximum absolute atomic E-state index is 5.76. The molecule has 0 amide bonds. The third-order valence-corrected chi connectivity index (χ3v) is 3.73. The van der Waals surface area contributed by atoms with Crippen molar-refractivity contribution < 1.29 is 4.74 Å². The lowest BCUT2D eigenvalue weighted by Gasteiger charge is -2.26. The molecule has 7 heteroatoms. The Morgan fingerprint density at radius 2 is 2.22 bits per heavy atom. The van der Waals surface area contributed by atoms with Gasteiger partial charge < -0.3 is 10.1 Å². The predicted molar refractivity (Wildman–Crippen MR) is 80.1 cm³/mol. The third kappa shape index (κ3) is 4.49. The van der Waals surface area contributed by atoms with Gasteiger partial charge >= 0.3 is 0 Å². The van der Waals surface area contributed by atoms with E-state index in [2.05, 4.69) is 42.8 Å². The highest BCUT2D eigenvalue weighted by Crippen LogP contribution is 2.15. The lowest BCUT2D eigenvalue weighted by Crippen LogP contribution is -2.37. The molecule has 0 radical (unpaired) electrons. The first-order valence-electron chi connectivity index (χ1n) is 5.98. The van der Waals surface area contributed by atoms with Gasteiger partial charge in [0, 0.05) is 25.8 Å². The summed E-state index contributed by atoms with van der Waals surface area (Å²) in [5.74, 6) is 0.817. The van der Waals surface area contributed by atoms with Gasteiger partial charge in [-0.25, -0.2) is 4.98 Å². The second-order valence-electron chi connectivity index (χ2n) is 4.07. The van der Waals surface area contributed by atoms with E-state index in [1.165, 1.54) is 0 Å². The SMILES string of the molecule is Clc1ncc(I)c(NCCCN2CCOCC2)n1. The van der Waals surface area contributed by atoms with E-state index in [9.17, 15) is 0 Å². The molecule has 0 atom stereocenters. The molecule has 18 heavy (non-hydrogen) atoms. The summed E-state index contributed by atoms with van der Waals surface area (Å²) in [5.41, 5.74) is 0. The fourth-order valence-electron chi connectivity index (χ4n) is 1.80. The quantitative estimate of drug-likeness (QED) is 0.479. The minimum atomic E-state index is 0.283. The van der Waals surface area contributed by atoms with E-state index in [-0.39, 0.29) is 5.28 Å². The van der Waals surface area contributed by atoms with Crippen LogP contribution in [0.1, 0.15) is 6.42 Å². The van der Waals surface area contributed by atoms with Crippen LogP contribution in [0.5, 0.6) is 0 Å². The van der Waals surface area contributed by atoms with Gasteiger partial charge in [0.2, 0.25) is 5.28 Å². The Balaban J connectivity index is 1.69. The van der Waals surface area contributed by atoms with Gasteiger partial charge in [0.05, 0.1) is 16.8 Å². The Morgan fingerprint density at radius 1 is 1.44 bits per heavy atom. The number of halogens is 2. The maximum atomic E-state index is 5.76. The highest BCUT2D eigenvalue weighted by atomic mass is 127. The van der Waals surface area contributed by atoms with E-state index >= 15 is 0 Å². The van der Waals surface area contributed by atoms with Crippen molar-refractivity contribution in [3.8, 4) is 0 Å². The number of nitrogens with one attached hydrogen (secondary N) is 1. The van der Waals surface area contributed by atoms with E-state index in [4.69, 9.17) is 16.3 Å². The molecule has 0 aliphatic carbocycles. The van der Waals surface area contributed by atoms with E-state index < -0.39 is 0 Å². The molecule has 1 N–H and O–H groups in total. The second-order valence-corrected chi connectivity index (χ2v) is 5.57. The van der Waals surface area contributed by atoms with Gasteiger partial charge in [-0.3, -0.25) is 4.90 Å². The van der Waals surface area contributed by atoms with Crippen molar-refractivity contribution in [2.75, 3.05) is 44.7 Å². The van der Waals surface area contributed by atoms with Crippen LogP contribution in [0.3, 0.4) is 0 Å². The number of hydrogen-bond acceptors (Lipinski definition) is 5. The van der Waals surface area contributed by atoms with Crippen LogP contribution in [-0.2, 0) is 4.74 Å². The summed E-state index contributed by atoms with van der Waals surface area (Å²) < 4.78 is 6.30. The molecule has 1 aliphatic rings. The largest absolute Gasteiger partial charge is 0.379 e. The molecular formula is C11H16ClIN4O. The number of morpholine rings is 1. The summed E-state index contributed by atoms with van der Waals surface area (Å²) in [6, 6.07) is 0. The van der Waals surface area contributed by atoms with Gasteiger partial charge in [-0.15, -0.1) is 0 Å². The van der Waals surface area contributed by atoms with Crippen LogP contribution in [0.4, 0.5) is 5.82 Å². The van der Waals surface area contributed by atoms with Gasteiger partial charge in [-0.2, -0.15) is 4.98 Å². The molecule has 2 rings (SSSR count). The fourth-order valence-corrected chi connectivity index (χ4v) is 2.39. The summed E-state index contributed by atoms with van der Waals surface area (Å²) in [6.45, 7) is 5.76. The van der Waals surface area contributed by atoms with Crippen LogP contribution in [0.2, 0.25) is 5.28 Å². The smallest absolute Gasteiger partial charge is 0.224 e. The minimum Gasteiger partial charge on any atom is -0.379 e. The third-order valence-electron chi connectivity index (χ3n) is 2.76. The molecule has 1 aromatic rings. The number of rotatable bonds is 5. The molecule has 0 unspecified atom stereocenters. The van der Waals surface area contributed by atoms with Crippen LogP contribution in [-0.4, -0.2) is 54.3 Å². The van der Waals surface area contributed by atoms with E-state index in [1.807, 2.05) is 0 Å². The van der Waals surface area contributed by atoms with Crippen molar-refractivity contribution in [2.24, 2.45) is 0 Å². The molecule has 1 aromatic heterocycles. The fraction of sp³-hybridized carbons (Fsp3) is 0.636. The molecule has 5 nitrogen and oxygen atoms in total. The summed E-state index contributed by atoms with van der Waals surface area (Å²) >= 11 is 7.96. The summed E-state index contributed by atoms with van der Waals surface area (Å²) in [7, 11) is 0. The number of aromatic nitrogens is 2. The van der Waals surface area contributed by atoms with Crippen molar-refractivity contribution in [3.05, 3.63) is 15.1 Å². The molecule has 0 aromatic carbocycles. The summed E-state index contributed by atoms with van der Waals surface area (Å²) in [4.78, 5) is 10.5. The van der Waals surface area contributed by atoms with Crippen molar-refractivity contribution in [3.63, 3.8) is 0 Å².